The number of esters is 1. The van der Waals surface area contributed by atoms with Gasteiger partial charge in [0, 0.05) is 10.0 Å². The molecule has 0 fully saturated rings. The van der Waals surface area contributed by atoms with Gasteiger partial charge < -0.3 is 15.4 Å². The second kappa shape index (κ2) is 13.4. The molecule has 36 heavy (non-hydrogen) atoms. The smallest absolute Gasteiger partial charge is 0.328 e. The van der Waals surface area contributed by atoms with Gasteiger partial charge in [0.05, 0.1) is 0 Å². The van der Waals surface area contributed by atoms with Gasteiger partial charge in [0.2, 0.25) is 0 Å². The number of ether oxygens (including phenoxy) is 1. The number of nitrogens with one attached hydrogen (secondary N) is 2. The predicted molar refractivity (Wildman–Crippen MR) is 144 cm³/mol. The van der Waals surface area contributed by atoms with Crippen molar-refractivity contribution in [3.8, 4) is 0 Å². The average Bonchev–Trinajstić information content (AvgIpc) is 2.87. The van der Waals surface area contributed by atoms with Crippen LogP contribution >= 0.6 is 15.9 Å². The van der Waals surface area contributed by atoms with E-state index in [1.807, 2.05) is 74.5 Å². The summed E-state index contributed by atoms with van der Waals surface area (Å²) < 4.78 is 6.32. The highest BCUT2D eigenvalue weighted by molar-refractivity contribution is 9.10. The summed E-state index contributed by atoms with van der Waals surface area (Å²) in [5, 5.41) is 5.47. The van der Waals surface area contributed by atoms with Crippen molar-refractivity contribution in [1.82, 2.24) is 10.6 Å². The van der Waals surface area contributed by atoms with Crippen LogP contribution in [-0.4, -0.2) is 23.8 Å². The van der Waals surface area contributed by atoms with Gasteiger partial charge in [-0.05, 0) is 53.8 Å². The van der Waals surface area contributed by atoms with Crippen LogP contribution in [0.2, 0.25) is 0 Å². The minimum Gasteiger partial charge on any atom is -0.459 e. The molecule has 0 heterocycles. The first-order valence-corrected chi connectivity index (χ1v) is 12.5. The van der Waals surface area contributed by atoms with Gasteiger partial charge in [-0.2, -0.15) is 0 Å². The topological polar surface area (TPSA) is 84.5 Å². The van der Waals surface area contributed by atoms with Crippen molar-refractivity contribution in [1.29, 1.82) is 0 Å². The molecule has 0 spiro atoms. The number of halogens is 1. The second-order valence-corrected chi connectivity index (χ2v) is 9.59. The SMILES string of the molecule is CC(C)C[C@@H](NC(=O)/C(=C/c1ccccc1)NC(=O)c1ccc(Br)cc1)C(=O)OCc1ccccc1. The zero-order valence-corrected chi connectivity index (χ0v) is 21.8. The van der Waals surface area contributed by atoms with E-state index >= 15 is 0 Å². The number of hydrogen-bond acceptors (Lipinski definition) is 4. The van der Waals surface area contributed by atoms with Gasteiger partial charge in [-0.1, -0.05) is 90.4 Å². The maximum atomic E-state index is 13.3. The molecule has 0 aliphatic rings. The van der Waals surface area contributed by atoms with Gasteiger partial charge in [-0.15, -0.1) is 0 Å². The van der Waals surface area contributed by atoms with E-state index in [0.717, 1.165) is 15.6 Å². The van der Waals surface area contributed by atoms with E-state index in [9.17, 15) is 14.4 Å². The molecular weight excluding hydrogens is 520 g/mol. The van der Waals surface area contributed by atoms with E-state index in [0.29, 0.717) is 12.0 Å². The minimum atomic E-state index is -0.870. The first-order chi connectivity index (χ1) is 17.3. The van der Waals surface area contributed by atoms with Crippen LogP contribution in [0.5, 0.6) is 0 Å². The Bertz CT molecular complexity index is 1190. The van der Waals surface area contributed by atoms with Crippen molar-refractivity contribution in [3.05, 3.63) is 112 Å². The van der Waals surface area contributed by atoms with Crippen LogP contribution in [0.25, 0.3) is 6.08 Å². The standard InChI is InChI=1S/C29H29BrN2O4/c1-20(2)17-26(29(35)36-19-22-11-7-4-8-12-22)32-28(34)25(18-21-9-5-3-6-10-21)31-27(33)23-13-15-24(30)16-14-23/h3-16,18,20,26H,17,19H2,1-2H3,(H,31,33)(H,32,34)/b25-18-/t26-/m1/s1. The molecule has 3 aromatic carbocycles. The largest absolute Gasteiger partial charge is 0.459 e. The Morgan fingerprint density at radius 3 is 2.11 bits per heavy atom. The lowest BCUT2D eigenvalue weighted by atomic mass is 10.0. The van der Waals surface area contributed by atoms with Crippen LogP contribution in [0, 0.1) is 5.92 Å². The number of carbonyl (C=O) groups excluding carboxylic acids is 3. The highest BCUT2D eigenvalue weighted by Gasteiger charge is 2.26. The predicted octanol–water partition coefficient (Wildman–Crippen LogP) is 5.49. The van der Waals surface area contributed by atoms with Gasteiger partial charge >= 0.3 is 5.97 Å². The highest BCUT2D eigenvalue weighted by atomic mass is 79.9. The summed E-state index contributed by atoms with van der Waals surface area (Å²) >= 11 is 3.35. The van der Waals surface area contributed by atoms with Crippen LogP contribution in [0.3, 0.4) is 0 Å². The molecule has 0 radical (unpaired) electrons. The van der Waals surface area contributed by atoms with Gasteiger partial charge in [0.15, 0.2) is 0 Å². The van der Waals surface area contributed by atoms with Gasteiger partial charge in [-0.3, -0.25) is 9.59 Å². The lowest BCUT2D eigenvalue weighted by Gasteiger charge is -2.20. The van der Waals surface area contributed by atoms with Crippen molar-refractivity contribution < 1.29 is 19.1 Å². The van der Waals surface area contributed by atoms with Crippen molar-refractivity contribution in [2.24, 2.45) is 5.92 Å². The summed E-state index contributed by atoms with van der Waals surface area (Å²) in [7, 11) is 0. The van der Waals surface area contributed by atoms with E-state index in [-0.39, 0.29) is 18.2 Å². The molecule has 186 valence electrons. The van der Waals surface area contributed by atoms with Crippen molar-refractivity contribution in [3.63, 3.8) is 0 Å². The quantitative estimate of drug-likeness (QED) is 0.259. The summed E-state index contributed by atoms with van der Waals surface area (Å²) in [6.07, 6.45) is 1.96. The van der Waals surface area contributed by atoms with E-state index < -0.39 is 23.8 Å². The number of carbonyl (C=O) groups is 3. The van der Waals surface area contributed by atoms with E-state index in [1.165, 1.54) is 0 Å². The molecule has 0 saturated carbocycles. The first-order valence-electron chi connectivity index (χ1n) is 11.7. The number of hydrogen-bond donors (Lipinski definition) is 2. The molecule has 6 nitrogen and oxygen atoms in total. The highest BCUT2D eigenvalue weighted by Crippen LogP contribution is 2.13. The Morgan fingerprint density at radius 2 is 1.50 bits per heavy atom. The van der Waals surface area contributed by atoms with Crippen LogP contribution < -0.4 is 10.6 Å². The van der Waals surface area contributed by atoms with E-state index in [2.05, 4.69) is 26.6 Å². The Hall–Kier alpha value is -3.71. The van der Waals surface area contributed by atoms with E-state index in [1.54, 1.807) is 30.3 Å². The molecule has 1 atom stereocenters. The Kier molecular flexibility index (Phi) is 10.0. The summed E-state index contributed by atoms with van der Waals surface area (Å²) in [6, 6.07) is 24.4. The second-order valence-electron chi connectivity index (χ2n) is 8.68. The van der Waals surface area contributed by atoms with Crippen LogP contribution in [0.1, 0.15) is 41.8 Å². The average molecular weight is 549 g/mol. The van der Waals surface area contributed by atoms with Crippen LogP contribution in [0.4, 0.5) is 0 Å². The zero-order valence-electron chi connectivity index (χ0n) is 20.2. The van der Waals surface area contributed by atoms with Gasteiger partial charge in [0.25, 0.3) is 11.8 Å². The molecule has 0 aliphatic carbocycles. The minimum absolute atomic E-state index is 0.0266. The fraction of sp³-hybridized carbons (Fsp3) is 0.207. The molecule has 3 rings (SSSR count). The third-order valence-corrected chi connectivity index (χ3v) is 5.76. The molecular formula is C29H29BrN2O4. The first kappa shape index (κ1) is 26.9. The molecule has 2 amide bonds. The fourth-order valence-electron chi connectivity index (χ4n) is 3.42. The van der Waals surface area contributed by atoms with Crippen molar-refractivity contribution >= 4 is 39.8 Å². The molecule has 2 N–H and O–H groups in total. The summed E-state index contributed by atoms with van der Waals surface area (Å²) in [5.74, 6) is -1.42. The third-order valence-electron chi connectivity index (χ3n) is 5.23. The number of amides is 2. The summed E-state index contributed by atoms with van der Waals surface area (Å²) in [4.78, 5) is 39.1. The van der Waals surface area contributed by atoms with Crippen LogP contribution in [0.15, 0.2) is 95.1 Å². The van der Waals surface area contributed by atoms with Crippen molar-refractivity contribution in [2.45, 2.75) is 32.9 Å². The zero-order chi connectivity index (χ0) is 25.9. The Balaban J connectivity index is 1.79. The Labute approximate surface area is 219 Å². The van der Waals surface area contributed by atoms with Crippen LogP contribution in [-0.2, 0) is 20.9 Å². The summed E-state index contributed by atoms with van der Waals surface area (Å²) in [5.41, 5.74) is 2.00. The molecule has 0 saturated heterocycles. The maximum absolute atomic E-state index is 13.3. The monoisotopic (exact) mass is 548 g/mol. The number of rotatable bonds is 10. The lowest BCUT2D eigenvalue weighted by molar-refractivity contribution is -0.149. The third kappa shape index (κ3) is 8.50. The van der Waals surface area contributed by atoms with Crippen molar-refractivity contribution in [2.75, 3.05) is 0 Å². The fourth-order valence-corrected chi connectivity index (χ4v) is 3.69. The normalized spacial score (nSPS) is 12.1. The maximum Gasteiger partial charge on any atom is 0.328 e. The van der Waals surface area contributed by atoms with Gasteiger partial charge in [0.1, 0.15) is 18.3 Å². The molecule has 0 aromatic heterocycles. The summed E-state index contributed by atoms with van der Waals surface area (Å²) in [6.45, 7) is 4.02. The Morgan fingerprint density at radius 1 is 0.889 bits per heavy atom. The van der Waals surface area contributed by atoms with Gasteiger partial charge in [-0.25, -0.2) is 4.79 Å². The van der Waals surface area contributed by atoms with E-state index in [4.69, 9.17) is 4.74 Å². The lowest BCUT2D eigenvalue weighted by Crippen LogP contribution is -2.45. The molecule has 7 heteroatoms. The molecule has 0 aliphatic heterocycles. The molecule has 3 aromatic rings. The number of benzene rings is 3. The molecule has 0 unspecified atom stereocenters. The molecule has 0 bridgehead atoms.